The fraction of sp³-hybridized carbons (Fsp3) is 0.143. The molecule has 2 aromatic heterocycles. The van der Waals surface area contributed by atoms with Gasteiger partial charge in [-0.05, 0) is 6.07 Å². The molecule has 0 aliphatic heterocycles. The standard InChI is InChI=1S/C14H11BrClN3O/c1-18-7-6-11-12(13(18)20)19(14(15)17-11)8-9-4-2-3-5-10(9)16/h2-7H,8H2,1H3/p+1. The second-order valence-corrected chi connectivity index (χ2v) is 5.75. The summed E-state index contributed by atoms with van der Waals surface area (Å²) < 4.78 is 4.20. The van der Waals surface area contributed by atoms with Crippen LogP contribution in [0.3, 0.4) is 0 Å². The molecule has 0 saturated carbocycles. The van der Waals surface area contributed by atoms with Crippen LogP contribution in [0.1, 0.15) is 5.56 Å². The van der Waals surface area contributed by atoms with E-state index in [0.717, 1.165) is 15.8 Å². The lowest BCUT2D eigenvalue weighted by atomic mass is 10.2. The fourth-order valence-electron chi connectivity index (χ4n) is 2.20. The molecular formula is C14H12BrClN3O+. The van der Waals surface area contributed by atoms with Crippen molar-refractivity contribution < 1.29 is 4.57 Å². The third-order valence-corrected chi connectivity index (χ3v) is 4.27. The summed E-state index contributed by atoms with van der Waals surface area (Å²) in [6, 6.07) is 9.50. The van der Waals surface area contributed by atoms with E-state index in [9.17, 15) is 4.79 Å². The number of halogens is 2. The molecule has 0 aliphatic carbocycles. The van der Waals surface area contributed by atoms with Gasteiger partial charge in [-0.15, -0.1) is 0 Å². The van der Waals surface area contributed by atoms with Crippen molar-refractivity contribution in [1.29, 1.82) is 0 Å². The van der Waals surface area contributed by atoms with Crippen LogP contribution in [-0.4, -0.2) is 9.55 Å². The summed E-state index contributed by atoms with van der Waals surface area (Å²) in [5, 5.41) is 0.689. The molecule has 0 fully saturated rings. The van der Waals surface area contributed by atoms with E-state index < -0.39 is 0 Å². The monoisotopic (exact) mass is 352 g/mol. The molecule has 0 bridgehead atoms. The Balaban J connectivity index is 2.22. The number of rotatable bonds is 2. The molecule has 0 spiro atoms. The van der Waals surface area contributed by atoms with Gasteiger partial charge in [-0.3, -0.25) is 4.79 Å². The van der Waals surface area contributed by atoms with Crippen LogP contribution < -0.4 is 10.1 Å². The molecule has 4 nitrogen and oxygen atoms in total. The van der Waals surface area contributed by atoms with Crippen LogP contribution in [0.15, 0.2) is 46.1 Å². The molecule has 2 heterocycles. The van der Waals surface area contributed by atoms with Gasteiger partial charge in [-0.1, -0.05) is 29.8 Å². The maximum Gasteiger partial charge on any atom is 0.324 e. The number of H-pyrrole nitrogens is 1. The van der Waals surface area contributed by atoms with Crippen LogP contribution in [0.4, 0.5) is 0 Å². The highest BCUT2D eigenvalue weighted by Crippen LogP contribution is 2.17. The van der Waals surface area contributed by atoms with Crippen LogP contribution in [0.5, 0.6) is 0 Å². The Labute approximate surface area is 128 Å². The van der Waals surface area contributed by atoms with E-state index >= 15 is 0 Å². The van der Waals surface area contributed by atoms with Crippen LogP contribution in [0.2, 0.25) is 5.02 Å². The zero-order valence-electron chi connectivity index (χ0n) is 10.7. The maximum atomic E-state index is 12.3. The third-order valence-electron chi connectivity index (χ3n) is 3.27. The Morgan fingerprint density at radius 2 is 2.10 bits per heavy atom. The summed E-state index contributed by atoms with van der Waals surface area (Å²) in [7, 11) is 1.74. The molecule has 0 saturated heterocycles. The van der Waals surface area contributed by atoms with E-state index in [1.165, 1.54) is 0 Å². The Morgan fingerprint density at radius 1 is 1.35 bits per heavy atom. The molecule has 3 rings (SSSR count). The lowest BCUT2D eigenvalue weighted by Crippen LogP contribution is -2.39. The molecule has 0 aliphatic rings. The number of aromatic amines is 1. The summed E-state index contributed by atoms with van der Waals surface area (Å²) in [5.74, 6) is 0. The van der Waals surface area contributed by atoms with Gasteiger partial charge in [-0.2, -0.15) is 0 Å². The van der Waals surface area contributed by atoms with Crippen molar-refractivity contribution in [2.75, 3.05) is 0 Å². The quantitative estimate of drug-likeness (QED) is 0.707. The molecule has 0 radical (unpaired) electrons. The van der Waals surface area contributed by atoms with Crippen LogP contribution >= 0.6 is 27.5 Å². The molecule has 0 atom stereocenters. The summed E-state index contributed by atoms with van der Waals surface area (Å²) in [6.45, 7) is 0.527. The van der Waals surface area contributed by atoms with Gasteiger partial charge in [0, 0.05) is 45.8 Å². The molecule has 1 N–H and O–H groups in total. The van der Waals surface area contributed by atoms with Gasteiger partial charge in [-0.25, -0.2) is 9.55 Å². The highest BCUT2D eigenvalue weighted by Gasteiger charge is 2.21. The Bertz CT molecular complexity index is 853. The number of aromatic nitrogens is 3. The molecule has 3 aromatic rings. The van der Waals surface area contributed by atoms with Crippen LogP contribution in [0.25, 0.3) is 11.0 Å². The van der Waals surface area contributed by atoms with Crippen molar-refractivity contribution in [1.82, 2.24) is 9.55 Å². The Hall–Kier alpha value is -1.59. The number of nitrogens with one attached hydrogen (secondary N) is 1. The van der Waals surface area contributed by atoms with Crippen molar-refractivity contribution in [3.8, 4) is 0 Å². The molecule has 6 heteroatoms. The van der Waals surface area contributed by atoms with E-state index in [2.05, 4.69) is 20.9 Å². The number of imidazole rings is 1. The number of benzene rings is 1. The largest absolute Gasteiger partial charge is 0.324 e. The van der Waals surface area contributed by atoms with Gasteiger partial charge in [0.25, 0.3) is 0 Å². The van der Waals surface area contributed by atoms with Gasteiger partial charge in [0.1, 0.15) is 6.54 Å². The fourth-order valence-corrected chi connectivity index (χ4v) is 2.91. The Kier molecular flexibility index (Phi) is 3.40. The predicted molar refractivity (Wildman–Crippen MR) is 82.0 cm³/mol. The minimum Gasteiger partial charge on any atom is -0.315 e. The number of pyridine rings is 1. The summed E-state index contributed by atoms with van der Waals surface area (Å²) in [4.78, 5) is 15.5. The topological polar surface area (TPSA) is 41.7 Å². The van der Waals surface area contributed by atoms with Crippen LogP contribution in [-0.2, 0) is 13.6 Å². The SMILES string of the molecule is Cn1ccc2[nH]c(Br)[n+](Cc3ccccc3Cl)c2c1=O. The second-order valence-electron chi connectivity index (χ2n) is 4.59. The number of nitrogens with zero attached hydrogens (tertiary/aromatic N) is 2. The lowest BCUT2D eigenvalue weighted by molar-refractivity contribution is -0.673. The Morgan fingerprint density at radius 3 is 2.85 bits per heavy atom. The van der Waals surface area contributed by atoms with E-state index in [-0.39, 0.29) is 5.56 Å². The second kappa shape index (κ2) is 5.07. The summed E-state index contributed by atoms with van der Waals surface area (Å²) in [5.41, 5.74) is 2.34. The van der Waals surface area contributed by atoms with Gasteiger partial charge in [0.2, 0.25) is 5.52 Å². The first kappa shape index (κ1) is 13.4. The number of hydrogen-bond acceptors (Lipinski definition) is 1. The number of fused-ring (bicyclic) bond motifs is 1. The number of aryl methyl sites for hydroxylation is 1. The predicted octanol–water partition coefficient (Wildman–Crippen LogP) is 2.62. The zero-order chi connectivity index (χ0) is 14.3. The molecule has 102 valence electrons. The van der Waals surface area contributed by atoms with Crippen molar-refractivity contribution in [3.05, 3.63) is 62.2 Å². The molecular weight excluding hydrogens is 342 g/mol. The van der Waals surface area contributed by atoms with Crippen molar-refractivity contribution in [2.24, 2.45) is 7.05 Å². The first-order chi connectivity index (χ1) is 9.58. The summed E-state index contributed by atoms with van der Waals surface area (Å²) in [6.07, 6.45) is 1.74. The van der Waals surface area contributed by atoms with Gasteiger partial charge < -0.3 is 4.57 Å². The van der Waals surface area contributed by atoms with Crippen LogP contribution in [0, 0.1) is 0 Å². The van der Waals surface area contributed by atoms with Crippen molar-refractivity contribution in [2.45, 2.75) is 6.54 Å². The zero-order valence-corrected chi connectivity index (χ0v) is 13.1. The highest BCUT2D eigenvalue weighted by molar-refractivity contribution is 9.10. The minimum absolute atomic E-state index is 0.0449. The van der Waals surface area contributed by atoms with Gasteiger partial charge in [0.05, 0.1) is 0 Å². The van der Waals surface area contributed by atoms with E-state index in [1.54, 1.807) is 17.8 Å². The van der Waals surface area contributed by atoms with Crippen molar-refractivity contribution >= 4 is 38.6 Å². The normalized spacial score (nSPS) is 11.2. The van der Waals surface area contributed by atoms with Gasteiger partial charge >= 0.3 is 10.3 Å². The first-order valence-electron chi connectivity index (χ1n) is 6.08. The van der Waals surface area contributed by atoms with E-state index in [1.807, 2.05) is 34.9 Å². The minimum atomic E-state index is -0.0449. The highest BCUT2D eigenvalue weighted by atomic mass is 79.9. The molecule has 0 unspecified atom stereocenters. The summed E-state index contributed by atoms with van der Waals surface area (Å²) >= 11 is 9.66. The first-order valence-corrected chi connectivity index (χ1v) is 7.25. The smallest absolute Gasteiger partial charge is 0.315 e. The maximum absolute atomic E-state index is 12.3. The lowest BCUT2D eigenvalue weighted by Gasteiger charge is -2.02. The molecule has 1 aromatic carbocycles. The number of hydrogen-bond donors (Lipinski definition) is 1. The third kappa shape index (κ3) is 2.17. The average Bonchev–Trinajstić information content (AvgIpc) is 2.74. The van der Waals surface area contributed by atoms with E-state index in [4.69, 9.17) is 11.6 Å². The van der Waals surface area contributed by atoms with E-state index in [0.29, 0.717) is 17.1 Å². The van der Waals surface area contributed by atoms with Gasteiger partial charge in [0.15, 0.2) is 5.52 Å². The van der Waals surface area contributed by atoms with Crippen molar-refractivity contribution in [3.63, 3.8) is 0 Å². The molecule has 20 heavy (non-hydrogen) atoms. The average molecular weight is 354 g/mol. The molecule has 0 amide bonds.